The highest BCUT2D eigenvalue weighted by atomic mass is 19.1. The summed E-state index contributed by atoms with van der Waals surface area (Å²) in [6.07, 6.45) is 1.68. The van der Waals surface area contributed by atoms with Crippen molar-refractivity contribution in [3.8, 4) is 0 Å². The molecule has 2 amide bonds. The van der Waals surface area contributed by atoms with Crippen molar-refractivity contribution in [2.45, 2.75) is 19.4 Å². The van der Waals surface area contributed by atoms with E-state index in [1.54, 1.807) is 12.1 Å². The zero-order chi connectivity index (χ0) is 17.2. The number of fused-ring (bicyclic) bond motifs is 3. The van der Waals surface area contributed by atoms with Gasteiger partial charge in [-0.05, 0) is 35.7 Å². The number of nitrogens with zero attached hydrogens (tertiary/aromatic N) is 1. The lowest BCUT2D eigenvalue weighted by molar-refractivity contribution is 0.200. The Morgan fingerprint density at radius 2 is 1.84 bits per heavy atom. The minimum atomic E-state index is -0.268. The summed E-state index contributed by atoms with van der Waals surface area (Å²) in [6, 6.07) is 14.4. The minimum Gasteiger partial charge on any atom is -0.358 e. The van der Waals surface area contributed by atoms with E-state index in [-0.39, 0.29) is 11.8 Å². The third-order valence-corrected chi connectivity index (χ3v) is 4.81. The van der Waals surface area contributed by atoms with Gasteiger partial charge in [0.1, 0.15) is 5.82 Å². The third kappa shape index (κ3) is 3.22. The van der Waals surface area contributed by atoms with Gasteiger partial charge in [-0.3, -0.25) is 0 Å². The molecule has 0 saturated carbocycles. The predicted molar refractivity (Wildman–Crippen MR) is 95.9 cm³/mol. The number of para-hydroxylation sites is 1. The summed E-state index contributed by atoms with van der Waals surface area (Å²) in [5, 5.41) is 4.18. The van der Waals surface area contributed by atoms with Gasteiger partial charge in [0.25, 0.3) is 0 Å². The van der Waals surface area contributed by atoms with Crippen LogP contribution in [0.5, 0.6) is 0 Å². The molecule has 5 heteroatoms. The Morgan fingerprint density at radius 1 is 1.08 bits per heavy atom. The Morgan fingerprint density at radius 3 is 2.68 bits per heavy atom. The molecule has 0 atom stereocenters. The van der Waals surface area contributed by atoms with Gasteiger partial charge < -0.3 is 15.2 Å². The molecule has 0 saturated heterocycles. The summed E-state index contributed by atoms with van der Waals surface area (Å²) >= 11 is 0. The van der Waals surface area contributed by atoms with Gasteiger partial charge in [-0.15, -0.1) is 0 Å². The van der Waals surface area contributed by atoms with Gasteiger partial charge >= 0.3 is 6.03 Å². The fourth-order valence-corrected chi connectivity index (χ4v) is 3.45. The van der Waals surface area contributed by atoms with E-state index >= 15 is 0 Å². The van der Waals surface area contributed by atoms with Crippen LogP contribution in [0.3, 0.4) is 0 Å². The number of H-pyrrole nitrogens is 1. The van der Waals surface area contributed by atoms with Gasteiger partial charge in [-0.1, -0.05) is 30.3 Å². The number of benzene rings is 2. The average Bonchev–Trinajstić information content (AvgIpc) is 2.85. The molecule has 0 aliphatic carbocycles. The van der Waals surface area contributed by atoms with Crippen LogP contribution in [-0.4, -0.2) is 29.0 Å². The van der Waals surface area contributed by atoms with Crippen LogP contribution < -0.4 is 5.32 Å². The second-order valence-corrected chi connectivity index (χ2v) is 6.40. The monoisotopic (exact) mass is 337 g/mol. The number of aromatic amines is 1. The molecule has 1 aliphatic rings. The maximum absolute atomic E-state index is 12.9. The summed E-state index contributed by atoms with van der Waals surface area (Å²) < 4.78 is 12.9. The smallest absolute Gasteiger partial charge is 0.317 e. The summed E-state index contributed by atoms with van der Waals surface area (Å²) in [5.74, 6) is -0.268. The molecule has 1 aromatic heterocycles. The normalized spacial score (nSPS) is 14.2. The third-order valence-electron chi connectivity index (χ3n) is 4.81. The number of rotatable bonds is 2. The van der Waals surface area contributed by atoms with Crippen LogP contribution in [-0.2, 0) is 19.4 Å². The number of hydrogen-bond acceptors (Lipinski definition) is 1. The molecular formula is C20H20FN3O. The van der Waals surface area contributed by atoms with Gasteiger partial charge in [-0.25, -0.2) is 9.18 Å². The summed E-state index contributed by atoms with van der Waals surface area (Å²) in [4.78, 5) is 17.8. The number of carbonyl (C=O) groups excluding carboxylic acids is 1. The van der Waals surface area contributed by atoms with Crippen molar-refractivity contribution in [3.63, 3.8) is 0 Å². The second kappa shape index (κ2) is 6.59. The van der Waals surface area contributed by atoms with Crippen LogP contribution in [0.15, 0.2) is 48.5 Å². The van der Waals surface area contributed by atoms with E-state index < -0.39 is 0 Å². The molecule has 4 rings (SSSR count). The van der Waals surface area contributed by atoms with Crippen LogP contribution in [0, 0.1) is 5.82 Å². The minimum absolute atomic E-state index is 0.0706. The van der Waals surface area contributed by atoms with E-state index in [4.69, 9.17) is 0 Å². The Bertz CT molecular complexity index is 901. The van der Waals surface area contributed by atoms with Crippen molar-refractivity contribution in [1.82, 2.24) is 15.2 Å². The quantitative estimate of drug-likeness (QED) is 0.737. The Labute approximate surface area is 145 Å². The lowest BCUT2D eigenvalue weighted by atomic mass is 10.1. The van der Waals surface area contributed by atoms with Crippen LogP contribution in [0.2, 0.25) is 0 Å². The van der Waals surface area contributed by atoms with Gasteiger partial charge in [0.15, 0.2) is 0 Å². The van der Waals surface area contributed by atoms with Crippen molar-refractivity contribution in [2.24, 2.45) is 0 Å². The molecule has 0 bridgehead atoms. The lowest BCUT2D eigenvalue weighted by Crippen LogP contribution is -2.41. The van der Waals surface area contributed by atoms with Crippen LogP contribution in [0.1, 0.15) is 16.8 Å². The molecule has 1 aliphatic heterocycles. The van der Waals surface area contributed by atoms with E-state index in [1.165, 1.54) is 34.3 Å². The fraction of sp³-hybridized carbons (Fsp3) is 0.250. The van der Waals surface area contributed by atoms with Crippen LogP contribution >= 0.6 is 0 Å². The number of urea groups is 1. The molecule has 128 valence electrons. The Hall–Kier alpha value is -2.82. The van der Waals surface area contributed by atoms with Gasteiger partial charge in [0.05, 0.1) is 0 Å². The standard InChI is InChI=1S/C20H20FN3O/c21-15-7-5-14(6-8-15)13-22-20(25)24-11-9-17-16-3-1-2-4-18(16)23-19(17)10-12-24/h1-8,23H,9-13H2,(H,22,25). The molecule has 3 aromatic rings. The number of aromatic nitrogens is 1. The summed E-state index contributed by atoms with van der Waals surface area (Å²) in [6.45, 7) is 1.79. The molecule has 2 aromatic carbocycles. The first-order valence-corrected chi connectivity index (χ1v) is 8.56. The first-order chi connectivity index (χ1) is 12.2. The highest BCUT2D eigenvalue weighted by Crippen LogP contribution is 2.25. The van der Waals surface area contributed by atoms with Crippen molar-refractivity contribution in [3.05, 3.63) is 71.2 Å². The van der Waals surface area contributed by atoms with Gasteiger partial charge in [-0.2, -0.15) is 0 Å². The fourth-order valence-electron chi connectivity index (χ4n) is 3.45. The molecule has 0 radical (unpaired) electrons. The van der Waals surface area contributed by atoms with E-state index in [2.05, 4.69) is 28.5 Å². The Kier molecular flexibility index (Phi) is 4.14. The molecule has 2 heterocycles. The first kappa shape index (κ1) is 15.7. The maximum atomic E-state index is 12.9. The molecule has 4 nitrogen and oxygen atoms in total. The molecule has 0 fully saturated rings. The number of carbonyl (C=O) groups is 1. The number of hydrogen-bond donors (Lipinski definition) is 2. The van der Waals surface area contributed by atoms with Crippen molar-refractivity contribution < 1.29 is 9.18 Å². The van der Waals surface area contributed by atoms with Crippen LogP contribution in [0.4, 0.5) is 9.18 Å². The molecule has 0 spiro atoms. The SMILES string of the molecule is O=C(NCc1ccc(F)cc1)N1CCc2[nH]c3ccccc3c2CC1. The Balaban J connectivity index is 1.41. The van der Waals surface area contributed by atoms with Crippen molar-refractivity contribution >= 4 is 16.9 Å². The van der Waals surface area contributed by atoms with Gasteiger partial charge in [0, 0.05) is 42.7 Å². The van der Waals surface area contributed by atoms with Crippen molar-refractivity contribution in [2.75, 3.05) is 13.1 Å². The topological polar surface area (TPSA) is 48.1 Å². The summed E-state index contributed by atoms with van der Waals surface area (Å²) in [7, 11) is 0. The first-order valence-electron chi connectivity index (χ1n) is 8.56. The highest BCUT2D eigenvalue weighted by molar-refractivity contribution is 5.85. The van der Waals surface area contributed by atoms with Gasteiger partial charge in [0.2, 0.25) is 0 Å². The zero-order valence-electron chi connectivity index (χ0n) is 13.9. The highest BCUT2D eigenvalue weighted by Gasteiger charge is 2.21. The summed E-state index contributed by atoms with van der Waals surface area (Å²) in [5.41, 5.74) is 4.61. The van der Waals surface area contributed by atoms with E-state index in [9.17, 15) is 9.18 Å². The molecule has 2 N–H and O–H groups in total. The van der Waals surface area contributed by atoms with E-state index in [0.717, 1.165) is 18.4 Å². The lowest BCUT2D eigenvalue weighted by Gasteiger charge is -2.21. The number of nitrogens with one attached hydrogen (secondary N) is 2. The van der Waals surface area contributed by atoms with Crippen LogP contribution in [0.25, 0.3) is 10.9 Å². The zero-order valence-corrected chi connectivity index (χ0v) is 13.9. The molecular weight excluding hydrogens is 317 g/mol. The largest absolute Gasteiger partial charge is 0.358 e. The molecule has 0 unspecified atom stereocenters. The maximum Gasteiger partial charge on any atom is 0.317 e. The number of amides is 2. The predicted octanol–water partition coefficient (Wildman–Crippen LogP) is 3.62. The average molecular weight is 337 g/mol. The number of halogens is 1. The van der Waals surface area contributed by atoms with E-state index in [1.807, 2.05) is 11.0 Å². The molecule has 25 heavy (non-hydrogen) atoms. The van der Waals surface area contributed by atoms with Crippen molar-refractivity contribution in [1.29, 1.82) is 0 Å². The van der Waals surface area contributed by atoms with E-state index in [0.29, 0.717) is 19.6 Å². The second-order valence-electron chi connectivity index (χ2n) is 6.40.